The van der Waals surface area contributed by atoms with Gasteiger partial charge in [-0.25, -0.2) is 0 Å². The second kappa shape index (κ2) is 7.27. The van der Waals surface area contributed by atoms with Crippen LogP contribution in [0.15, 0.2) is 22.7 Å². The zero-order valence-electron chi connectivity index (χ0n) is 11.4. The van der Waals surface area contributed by atoms with Gasteiger partial charge in [-0.15, -0.1) is 0 Å². The number of benzene rings is 1. The van der Waals surface area contributed by atoms with Gasteiger partial charge in [0.15, 0.2) is 0 Å². The fourth-order valence-electron chi connectivity index (χ4n) is 2.60. The number of carboxylic acid groups (broad SMARTS) is 1. The summed E-state index contributed by atoms with van der Waals surface area (Å²) < 4.78 is 0.819. The minimum Gasteiger partial charge on any atom is -0.481 e. The van der Waals surface area contributed by atoms with Gasteiger partial charge in [0, 0.05) is 15.5 Å². The number of hydrogen-bond donors (Lipinski definition) is 2. The first-order valence-electron chi connectivity index (χ1n) is 6.92. The molecular weight excluding hydrogens is 358 g/mol. The summed E-state index contributed by atoms with van der Waals surface area (Å²) in [6.45, 7) is 0. The third kappa shape index (κ3) is 4.71. The first kappa shape index (κ1) is 16.3. The molecular formula is C15H17BrClNO3. The zero-order valence-corrected chi connectivity index (χ0v) is 13.8. The molecule has 0 unspecified atom stereocenters. The Morgan fingerprint density at radius 3 is 2.52 bits per heavy atom. The van der Waals surface area contributed by atoms with Gasteiger partial charge >= 0.3 is 5.97 Å². The molecule has 0 saturated heterocycles. The number of carbonyl (C=O) groups excluding carboxylic acids is 1. The summed E-state index contributed by atoms with van der Waals surface area (Å²) in [6.07, 6.45) is 3.00. The van der Waals surface area contributed by atoms with Crippen molar-refractivity contribution < 1.29 is 14.7 Å². The van der Waals surface area contributed by atoms with Crippen LogP contribution in [-0.2, 0) is 16.0 Å². The van der Waals surface area contributed by atoms with Crippen molar-refractivity contribution in [1.29, 1.82) is 0 Å². The Labute approximate surface area is 137 Å². The average Bonchev–Trinajstić information content (AvgIpc) is 2.42. The molecule has 1 fully saturated rings. The second-order valence-electron chi connectivity index (χ2n) is 5.37. The van der Waals surface area contributed by atoms with Gasteiger partial charge in [0.05, 0.1) is 12.3 Å². The minimum atomic E-state index is -0.732. The van der Waals surface area contributed by atoms with E-state index in [0.717, 1.165) is 22.9 Å². The average molecular weight is 375 g/mol. The molecule has 1 saturated carbocycles. The largest absolute Gasteiger partial charge is 0.481 e. The Morgan fingerprint density at radius 2 is 1.95 bits per heavy atom. The number of aliphatic carboxylic acids is 1. The second-order valence-corrected chi connectivity index (χ2v) is 6.66. The predicted octanol–water partition coefficient (Wildman–Crippen LogP) is 3.40. The van der Waals surface area contributed by atoms with E-state index in [4.69, 9.17) is 16.7 Å². The Kier molecular flexibility index (Phi) is 5.65. The molecule has 0 radical (unpaired) electrons. The van der Waals surface area contributed by atoms with Gasteiger partial charge in [-0.1, -0.05) is 33.6 Å². The van der Waals surface area contributed by atoms with Crippen molar-refractivity contribution in [2.45, 2.75) is 38.1 Å². The number of amides is 1. The Hall–Kier alpha value is -1.07. The molecule has 0 heterocycles. The highest BCUT2D eigenvalue weighted by atomic mass is 79.9. The van der Waals surface area contributed by atoms with E-state index in [1.807, 2.05) is 6.07 Å². The number of hydrogen-bond acceptors (Lipinski definition) is 2. The molecule has 114 valence electrons. The highest BCUT2D eigenvalue weighted by Crippen LogP contribution is 2.25. The SMILES string of the molecule is O=C(Cc1ccc(Cl)cc1Br)NC1CCC(C(=O)O)CC1. The van der Waals surface area contributed by atoms with Crippen LogP contribution in [0.25, 0.3) is 0 Å². The number of carboxylic acids is 1. The molecule has 1 aromatic carbocycles. The molecule has 1 amide bonds. The minimum absolute atomic E-state index is 0.0446. The van der Waals surface area contributed by atoms with Gasteiger partial charge < -0.3 is 10.4 Å². The van der Waals surface area contributed by atoms with Crippen molar-refractivity contribution in [2.24, 2.45) is 5.92 Å². The normalized spacial score (nSPS) is 21.8. The molecule has 21 heavy (non-hydrogen) atoms. The summed E-state index contributed by atoms with van der Waals surface area (Å²) in [5.41, 5.74) is 0.885. The Balaban J connectivity index is 1.84. The molecule has 1 aliphatic rings. The van der Waals surface area contributed by atoms with Crippen LogP contribution in [0.2, 0.25) is 5.02 Å². The van der Waals surface area contributed by atoms with Crippen molar-refractivity contribution >= 4 is 39.4 Å². The quantitative estimate of drug-likeness (QED) is 0.849. The fourth-order valence-corrected chi connectivity index (χ4v) is 3.42. The zero-order chi connectivity index (χ0) is 15.4. The van der Waals surface area contributed by atoms with Crippen LogP contribution < -0.4 is 5.32 Å². The molecule has 2 N–H and O–H groups in total. The molecule has 2 rings (SSSR count). The van der Waals surface area contributed by atoms with Crippen LogP contribution >= 0.6 is 27.5 Å². The standard InChI is InChI=1S/C15H17BrClNO3/c16-13-8-11(17)4-1-10(13)7-14(19)18-12-5-2-9(3-6-12)15(20)21/h1,4,8-9,12H,2-3,5-7H2,(H,18,19)(H,20,21). The summed E-state index contributed by atoms with van der Waals surface area (Å²) in [6, 6.07) is 5.43. The number of halogens is 2. The smallest absolute Gasteiger partial charge is 0.306 e. The number of nitrogens with one attached hydrogen (secondary N) is 1. The molecule has 0 aromatic heterocycles. The van der Waals surface area contributed by atoms with Crippen molar-refractivity contribution in [3.05, 3.63) is 33.3 Å². The highest BCUT2D eigenvalue weighted by Gasteiger charge is 2.26. The molecule has 0 atom stereocenters. The third-order valence-electron chi connectivity index (χ3n) is 3.81. The van der Waals surface area contributed by atoms with E-state index >= 15 is 0 Å². The lowest BCUT2D eigenvalue weighted by atomic mass is 9.86. The number of carbonyl (C=O) groups is 2. The molecule has 0 aliphatic heterocycles. The maximum Gasteiger partial charge on any atom is 0.306 e. The van der Waals surface area contributed by atoms with E-state index in [1.165, 1.54) is 0 Å². The van der Waals surface area contributed by atoms with Crippen LogP contribution in [0.5, 0.6) is 0 Å². The molecule has 1 aromatic rings. The van der Waals surface area contributed by atoms with Crippen molar-refractivity contribution in [1.82, 2.24) is 5.32 Å². The van der Waals surface area contributed by atoms with Crippen LogP contribution in [0.4, 0.5) is 0 Å². The number of rotatable bonds is 4. The van der Waals surface area contributed by atoms with E-state index in [9.17, 15) is 9.59 Å². The maximum absolute atomic E-state index is 12.1. The van der Waals surface area contributed by atoms with Gasteiger partial charge in [0.1, 0.15) is 0 Å². The third-order valence-corrected chi connectivity index (χ3v) is 4.78. The summed E-state index contributed by atoms with van der Waals surface area (Å²) in [7, 11) is 0. The molecule has 0 spiro atoms. The molecule has 4 nitrogen and oxygen atoms in total. The monoisotopic (exact) mass is 373 g/mol. The van der Waals surface area contributed by atoms with E-state index in [-0.39, 0.29) is 24.3 Å². The van der Waals surface area contributed by atoms with Crippen LogP contribution in [0.1, 0.15) is 31.2 Å². The highest BCUT2D eigenvalue weighted by molar-refractivity contribution is 9.10. The van der Waals surface area contributed by atoms with Gasteiger partial charge in [-0.2, -0.15) is 0 Å². The molecule has 0 bridgehead atoms. The summed E-state index contributed by atoms with van der Waals surface area (Å²) >= 11 is 9.26. The van der Waals surface area contributed by atoms with Crippen molar-refractivity contribution in [2.75, 3.05) is 0 Å². The fraction of sp³-hybridized carbons (Fsp3) is 0.467. The Morgan fingerprint density at radius 1 is 1.29 bits per heavy atom. The molecule has 1 aliphatic carbocycles. The van der Waals surface area contributed by atoms with Crippen LogP contribution in [-0.4, -0.2) is 23.0 Å². The summed E-state index contributed by atoms with van der Waals surface area (Å²) in [5, 5.41) is 12.6. The summed E-state index contributed by atoms with van der Waals surface area (Å²) in [5.74, 6) is -1.04. The van der Waals surface area contributed by atoms with Gasteiger partial charge in [0.25, 0.3) is 0 Å². The van der Waals surface area contributed by atoms with Crippen LogP contribution in [0.3, 0.4) is 0 Å². The predicted molar refractivity (Wildman–Crippen MR) is 84.4 cm³/mol. The maximum atomic E-state index is 12.1. The van der Waals surface area contributed by atoms with E-state index in [1.54, 1.807) is 12.1 Å². The molecule has 6 heteroatoms. The van der Waals surface area contributed by atoms with E-state index in [0.29, 0.717) is 17.9 Å². The lowest BCUT2D eigenvalue weighted by Crippen LogP contribution is -2.39. The Bertz CT molecular complexity index is 542. The van der Waals surface area contributed by atoms with Gasteiger partial charge in [-0.3, -0.25) is 9.59 Å². The van der Waals surface area contributed by atoms with Gasteiger partial charge in [-0.05, 0) is 43.4 Å². The lowest BCUT2D eigenvalue weighted by Gasteiger charge is -2.26. The van der Waals surface area contributed by atoms with E-state index in [2.05, 4.69) is 21.2 Å². The first-order chi connectivity index (χ1) is 9.95. The van der Waals surface area contributed by atoms with Crippen molar-refractivity contribution in [3.8, 4) is 0 Å². The topological polar surface area (TPSA) is 66.4 Å². The van der Waals surface area contributed by atoms with Crippen LogP contribution in [0, 0.1) is 5.92 Å². The van der Waals surface area contributed by atoms with Crippen molar-refractivity contribution in [3.63, 3.8) is 0 Å². The van der Waals surface area contributed by atoms with Gasteiger partial charge in [0.2, 0.25) is 5.91 Å². The first-order valence-corrected chi connectivity index (χ1v) is 8.09. The van der Waals surface area contributed by atoms with E-state index < -0.39 is 5.97 Å². The summed E-state index contributed by atoms with van der Waals surface area (Å²) in [4.78, 5) is 22.9. The lowest BCUT2D eigenvalue weighted by molar-refractivity contribution is -0.142.